The minimum atomic E-state index is -2.80. The number of benzene rings is 1. The monoisotopic (exact) mass is 562 g/mol. The SMILES string of the molecule is CCCNCC(=O)Nc1c(Cl)cc2c(c1O)C(=O)C1C(=O)[C@]3(O)C(=O)C(C(N)=O)C(=O)[C@@H](N(C)C)C3CC1C2. The van der Waals surface area contributed by atoms with Crippen molar-refractivity contribution in [3.05, 3.63) is 22.2 Å². The Balaban J connectivity index is 1.75. The van der Waals surface area contributed by atoms with Gasteiger partial charge in [0.1, 0.15) is 5.69 Å². The highest BCUT2D eigenvalue weighted by molar-refractivity contribution is 6.35. The van der Waals surface area contributed by atoms with E-state index < -0.39 is 76.0 Å². The maximum atomic E-state index is 13.8. The number of nitrogens with zero attached hydrogens (tertiary/aromatic N) is 1. The normalized spacial score (nSPS) is 30.1. The van der Waals surface area contributed by atoms with Gasteiger partial charge in [-0.3, -0.25) is 33.7 Å². The molecule has 6 N–H and O–H groups in total. The molecular formula is C26H31ClN4O8. The number of nitrogens with two attached hydrogens (primary N) is 1. The molecule has 2 saturated carbocycles. The van der Waals surface area contributed by atoms with E-state index in [9.17, 15) is 39.0 Å². The lowest BCUT2D eigenvalue weighted by Gasteiger charge is -2.52. The van der Waals surface area contributed by atoms with Crippen LogP contribution >= 0.6 is 11.6 Å². The van der Waals surface area contributed by atoms with E-state index in [-0.39, 0.29) is 35.7 Å². The van der Waals surface area contributed by atoms with Crippen molar-refractivity contribution >= 4 is 52.2 Å². The number of fused-ring (bicyclic) bond motifs is 3. The van der Waals surface area contributed by atoms with Crippen molar-refractivity contribution in [1.29, 1.82) is 0 Å². The summed E-state index contributed by atoms with van der Waals surface area (Å²) in [7, 11) is 3.03. The Hall–Kier alpha value is -3.19. The van der Waals surface area contributed by atoms with Crippen molar-refractivity contribution in [3.63, 3.8) is 0 Å². The molecule has 0 heterocycles. The smallest absolute Gasteiger partial charge is 0.238 e. The highest BCUT2D eigenvalue weighted by atomic mass is 35.5. The summed E-state index contributed by atoms with van der Waals surface area (Å²) in [4.78, 5) is 79.7. The number of ketones is 4. The van der Waals surface area contributed by atoms with Crippen LogP contribution < -0.4 is 16.4 Å². The number of phenolic OH excluding ortho intramolecular Hbond substituents is 1. The maximum absolute atomic E-state index is 13.8. The molecule has 0 aromatic heterocycles. The molecule has 2 amide bonds. The number of likely N-dealkylation sites (N-methyl/N-ethyl adjacent to an activating group) is 1. The zero-order chi connectivity index (χ0) is 29.0. The first-order valence-electron chi connectivity index (χ1n) is 12.7. The van der Waals surface area contributed by atoms with Crippen LogP contribution in [0.2, 0.25) is 5.02 Å². The molecule has 0 spiro atoms. The van der Waals surface area contributed by atoms with E-state index in [0.717, 1.165) is 6.42 Å². The number of hydrogen-bond donors (Lipinski definition) is 5. The molecule has 0 saturated heterocycles. The molecular weight excluding hydrogens is 532 g/mol. The molecule has 13 heteroatoms. The van der Waals surface area contributed by atoms with Crippen molar-refractivity contribution in [3.8, 4) is 5.75 Å². The number of rotatable bonds is 7. The number of aliphatic hydroxyl groups is 1. The number of anilines is 1. The largest absolute Gasteiger partial charge is 0.505 e. The zero-order valence-corrected chi connectivity index (χ0v) is 22.5. The highest BCUT2D eigenvalue weighted by Crippen LogP contribution is 2.52. The first-order valence-corrected chi connectivity index (χ1v) is 13.0. The second-order valence-corrected chi connectivity index (χ2v) is 11.0. The average molecular weight is 563 g/mol. The fraction of sp³-hybridized carbons (Fsp3) is 0.538. The second-order valence-electron chi connectivity index (χ2n) is 10.6. The molecule has 1 aromatic rings. The molecule has 1 aromatic carbocycles. The number of Topliss-reactive ketones (excluding diaryl/α,β-unsaturated/α-hetero) is 4. The van der Waals surface area contributed by atoms with Crippen LogP contribution in [0.4, 0.5) is 5.69 Å². The molecule has 0 radical (unpaired) electrons. The molecule has 4 rings (SSSR count). The first-order chi connectivity index (χ1) is 18.3. The van der Waals surface area contributed by atoms with Crippen molar-refractivity contribution in [2.45, 2.75) is 37.8 Å². The van der Waals surface area contributed by atoms with Crippen molar-refractivity contribution < 1.29 is 39.0 Å². The maximum Gasteiger partial charge on any atom is 0.238 e. The minimum absolute atomic E-state index is 0.0153. The first kappa shape index (κ1) is 28.8. The minimum Gasteiger partial charge on any atom is -0.505 e. The van der Waals surface area contributed by atoms with Crippen LogP contribution in [0.1, 0.15) is 35.7 Å². The van der Waals surface area contributed by atoms with Gasteiger partial charge >= 0.3 is 0 Å². The van der Waals surface area contributed by atoms with Gasteiger partial charge in [-0.2, -0.15) is 0 Å². The number of carbonyl (C=O) groups is 6. The Morgan fingerprint density at radius 3 is 2.46 bits per heavy atom. The van der Waals surface area contributed by atoms with Gasteiger partial charge in [0.25, 0.3) is 0 Å². The van der Waals surface area contributed by atoms with E-state index in [1.165, 1.54) is 25.1 Å². The number of nitrogens with one attached hydrogen (secondary N) is 2. The summed E-state index contributed by atoms with van der Waals surface area (Å²) in [5, 5.41) is 28.0. The van der Waals surface area contributed by atoms with Crippen LogP contribution in [-0.4, -0.2) is 88.9 Å². The number of hydrogen-bond acceptors (Lipinski definition) is 10. The van der Waals surface area contributed by atoms with Gasteiger partial charge in [0, 0.05) is 5.92 Å². The Labute approximate surface area is 229 Å². The summed E-state index contributed by atoms with van der Waals surface area (Å²) in [6.07, 6.45) is 0.803. The van der Waals surface area contributed by atoms with Crippen LogP contribution in [0.25, 0.3) is 0 Å². The van der Waals surface area contributed by atoms with Gasteiger partial charge in [-0.15, -0.1) is 0 Å². The summed E-state index contributed by atoms with van der Waals surface area (Å²) in [5.74, 6) is -12.1. The van der Waals surface area contributed by atoms with Crippen LogP contribution in [0.5, 0.6) is 5.75 Å². The zero-order valence-electron chi connectivity index (χ0n) is 21.7. The number of carbonyl (C=O) groups excluding carboxylic acids is 6. The Morgan fingerprint density at radius 1 is 1.21 bits per heavy atom. The quantitative estimate of drug-likeness (QED) is 0.163. The molecule has 3 aliphatic carbocycles. The third-order valence-corrected chi connectivity index (χ3v) is 8.28. The van der Waals surface area contributed by atoms with Gasteiger partial charge in [-0.25, -0.2) is 0 Å². The van der Waals surface area contributed by atoms with E-state index in [0.29, 0.717) is 12.1 Å². The second kappa shape index (κ2) is 10.4. The van der Waals surface area contributed by atoms with E-state index >= 15 is 0 Å². The van der Waals surface area contributed by atoms with E-state index in [1.54, 1.807) is 0 Å². The molecule has 12 nitrogen and oxygen atoms in total. The average Bonchev–Trinajstić information content (AvgIpc) is 2.83. The lowest BCUT2D eigenvalue weighted by Crippen LogP contribution is -2.74. The molecule has 6 atom stereocenters. The van der Waals surface area contributed by atoms with Crippen molar-refractivity contribution in [2.24, 2.45) is 29.4 Å². The third kappa shape index (κ3) is 4.45. The lowest BCUT2D eigenvalue weighted by atomic mass is 9.52. The fourth-order valence-corrected chi connectivity index (χ4v) is 6.58. The lowest BCUT2D eigenvalue weighted by molar-refractivity contribution is -0.181. The molecule has 210 valence electrons. The predicted octanol–water partition coefficient (Wildman–Crippen LogP) is -0.541. The fourth-order valence-electron chi connectivity index (χ4n) is 6.31. The predicted molar refractivity (Wildman–Crippen MR) is 138 cm³/mol. The van der Waals surface area contributed by atoms with Crippen molar-refractivity contribution in [2.75, 3.05) is 32.5 Å². The number of aromatic hydroxyl groups is 1. The molecule has 3 aliphatic rings. The number of phenols is 1. The summed E-state index contributed by atoms with van der Waals surface area (Å²) >= 11 is 6.35. The number of primary amides is 1. The van der Waals surface area contributed by atoms with Gasteiger partial charge in [0.2, 0.25) is 11.8 Å². The van der Waals surface area contributed by atoms with E-state index in [1.807, 2.05) is 6.92 Å². The van der Waals surface area contributed by atoms with Crippen LogP contribution in [0.3, 0.4) is 0 Å². The van der Waals surface area contributed by atoms with Crippen LogP contribution in [0.15, 0.2) is 6.07 Å². The molecule has 39 heavy (non-hydrogen) atoms. The Kier molecular flexibility index (Phi) is 7.69. The van der Waals surface area contributed by atoms with E-state index in [2.05, 4.69) is 10.6 Å². The number of halogens is 1. The van der Waals surface area contributed by atoms with Crippen LogP contribution in [-0.2, 0) is 30.4 Å². The third-order valence-electron chi connectivity index (χ3n) is 7.98. The molecule has 0 bridgehead atoms. The van der Waals surface area contributed by atoms with Gasteiger partial charge in [0.15, 0.2) is 40.4 Å². The highest BCUT2D eigenvalue weighted by Gasteiger charge is 2.69. The topological polar surface area (TPSA) is 196 Å². The van der Waals surface area contributed by atoms with E-state index in [4.69, 9.17) is 17.3 Å². The van der Waals surface area contributed by atoms with Crippen molar-refractivity contribution in [1.82, 2.24) is 10.2 Å². The van der Waals surface area contributed by atoms with Gasteiger partial charge in [-0.05, 0) is 57.5 Å². The van der Waals surface area contributed by atoms with Gasteiger partial charge in [-0.1, -0.05) is 18.5 Å². The summed E-state index contributed by atoms with van der Waals surface area (Å²) in [5.41, 5.74) is 2.39. The summed E-state index contributed by atoms with van der Waals surface area (Å²) in [6, 6.07) is 0.247. The standard InChI is InChI=1S/C26H31ClN4O8/c1-4-5-29-9-14(32)30-18-13(27)8-11-6-10-7-12-19(31(2)3)22(35)17(25(28)38)24(37)26(12,39)23(36)16(10)20(33)15(11)21(18)34/h8,10,12,16-17,19,29,34,39H,4-7,9H2,1-3H3,(H2,28,38)(H,30,32)/t10?,12?,16?,17?,19-,26-/m0/s1. The van der Waals surface area contributed by atoms with Gasteiger partial charge in [0.05, 0.1) is 29.1 Å². The van der Waals surface area contributed by atoms with Gasteiger partial charge < -0.3 is 26.6 Å². The van der Waals surface area contributed by atoms with Crippen LogP contribution in [0, 0.1) is 23.7 Å². The Morgan fingerprint density at radius 2 is 1.87 bits per heavy atom. The number of amides is 2. The Bertz CT molecular complexity index is 1300. The molecule has 4 unspecified atom stereocenters. The summed E-state index contributed by atoms with van der Waals surface area (Å²) in [6.45, 7) is 2.44. The molecule has 0 aliphatic heterocycles. The summed E-state index contributed by atoms with van der Waals surface area (Å²) < 4.78 is 0. The molecule has 2 fully saturated rings.